The van der Waals surface area contributed by atoms with E-state index in [1.54, 1.807) is 7.11 Å². The summed E-state index contributed by atoms with van der Waals surface area (Å²) in [6, 6.07) is 7.45. The van der Waals surface area contributed by atoms with E-state index in [0.717, 1.165) is 11.3 Å². The zero-order valence-electron chi connectivity index (χ0n) is 7.16. The van der Waals surface area contributed by atoms with Crippen molar-refractivity contribution in [1.82, 2.24) is 0 Å². The Bertz CT molecular complexity index is 233. The van der Waals surface area contributed by atoms with Gasteiger partial charge < -0.3 is 16.2 Å². The van der Waals surface area contributed by atoms with Crippen LogP contribution in [0.2, 0.25) is 0 Å². The monoisotopic (exact) mass is 166 g/mol. The second-order valence-electron chi connectivity index (χ2n) is 2.73. The van der Waals surface area contributed by atoms with Crippen LogP contribution >= 0.6 is 0 Å². The molecule has 0 aliphatic heterocycles. The lowest BCUT2D eigenvalue weighted by molar-refractivity contribution is 0.181. The number of nitrogens with two attached hydrogens (primary N) is 2. The molecule has 1 aromatic rings. The first-order chi connectivity index (χ1) is 5.74. The lowest BCUT2D eigenvalue weighted by Crippen LogP contribution is -2.15. The van der Waals surface area contributed by atoms with Crippen molar-refractivity contribution >= 4 is 5.69 Å². The quantitative estimate of drug-likeness (QED) is 0.656. The van der Waals surface area contributed by atoms with Crippen LogP contribution in [0.25, 0.3) is 0 Å². The number of anilines is 1. The summed E-state index contributed by atoms with van der Waals surface area (Å²) in [5.74, 6) is 0. The van der Waals surface area contributed by atoms with Crippen LogP contribution in [0.1, 0.15) is 11.6 Å². The van der Waals surface area contributed by atoms with E-state index in [1.165, 1.54) is 0 Å². The first-order valence-electron chi connectivity index (χ1n) is 3.84. The van der Waals surface area contributed by atoms with Gasteiger partial charge in [0.15, 0.2) is 0 Å². The van der Waals surface area contributed by atoms with Crippen LogP contribution in [-0.4, -0.2) is 13.7 Å². The second kappa shape index (κ2) is 4.09. The van der Waals surface area contributed by atoms with Gasteiger partial charge in [0.1, 0.15) is 0 Å². The highest BCUT2D eigenvalue weighted by Crippen LogP contribution is 2.12. The molecule has 0 saturated carbocycles. The fraction of sp³-hybridized carbons (Fsp3) is 0.333. The summed E-state index contributed by atoms with van der Waals surface area (Å²) < 4.78 is 4.93. The summed E-state index contributed by atoms with van der Waals surface area (Å²) in [5, 5.41) is 0. The van der Waals surface area contributed by atoms with Crippen LogP contribution in [0.3, 0.4) is 0 Å². The molecular formula is C9H14N2O. The van der Waals surface area contributed by atoms with E-state index < -0.39 is 0 Å². The fourth-order valence-electron chi connectivity index (χ4n) is 1.02. The number of hydrogen-bond donors (Lipinski definition) is 2. The van der Waals surface area contributed by atoms with Gasteiger partial charge in [-0.15, -0.1) is 0 Å². The summed E-state index contributed by atoms with van der Waals surface area (Å²) in [6.45, 7) is 0.532. The third-order valence-corrected chi connectivity index (χ3v) is 1.71. The molecule has 1 aromatic carbocycles. The maximum atomic E-state index is 5.79. The van der Waals surface area contributed by atoms with Gasteiger partial charge in [0, 0.05) is 12.8 Å². The van der Waals surface area contributed by atoms with Crippen molar-refractivity contribution in [2.24, 2.45) is 5.73 Å². The highest BCUT2D eigenvalue weighted by atomic mass is 16.5. The molecule has 4 N–H and O–H groups in total. The van der Waals surface area contributed by atoms with Gasteiger partial charge in [-0.05, 0) is 17.7 Å². The van der Waals surface area contributed by atoms with Gasteiger partial charge in [0.2, 0.25) is 0 Å². The lowest BCUT2D eigenvalue weighted by atomic mass is 10.1. The molecule has 0 aliphatic carbocycles. The number of ether oxygens (including phenoxy) is 1. The molecule has 0 radical (unpaired) electrons. The first-order valence-corrected chi connectivity index (χ1v) is 3.84. The van der Waals surface area contributed by atoms with Crippen LogP contribution < -0.4 is 11.5 Å². The standard InChI is InChI=1S/C9H14N2O/c1-12-6-9(11)7-2-4-8(10)5-3-7/h2-5,9H,6,10-11H2,1H3/t9-/m0/s1. The molecule has 0 aliphatic rings. The van der Waals surface area contributed by atoms with Crippen molar-refractivity contribution in [3.63, 3.8) is 0 Å². The number of benzene rings is 1. The molecular weight excluding hydrogens is 152 g/mol. The number of hydrogen-bond acceptors (Lipinski definition) is 3. The maximum absolute atomic E-state index is 5.79. The molecule has 0 saturated heterocycles. The van der Waals surface area contributed by atoms with Gasteiger partial charge in [-0.2, -0.15) is 0 Å². The zero-order valence-corrected chi connectivity index (χ0v) is 7.16. The second-order valence-corrected chi connectivity index (χ2v) is 2.73. The van der Waals surface area contributed by atoms with Gasteiger partial charge in [-0.1, -0.05) is 12.1 Å². The minimum Gasteiger partial charge on any atom is -0.399 e. The first kappa shape index (κ1) is 9.03. The topological polar surface area (TPSA) is 61.3 Å². The van der Waals surface area contributed by atoms with Gasteiger partial charge in [-0.3, -0.25) is 0 Å². The van der Waals surface area contributed by atoms with Crippen molar-refractivity contribution in [3.8, 4) is 0 Å². The molecule has 3 heteroatoms. The van der Waals surface area contributed by atoms with Crippen molar-refractivity contribution < 1.29 is 4.74 Å². The van der Waals surface area contributed by atoms with Crippen molar-refractivity contribution in [1.29, 1.82) is 0 Å². The highest BCUT2D eigenvalue weighted by Gasteiger charge is 2.03. The Kier molecular flexibility index (Phi) is 3.08. The van der Waals surface area contributed by atoms with Crippen molar-refractivity contribution in [2.45, 2.75) is 6.04 Å². The molecule has 0 fully saturated rings. The third-order valence-electron chi connectivity index (χ3n) is 1.71. The van der Waals surface area contributed by atoms with E-state index in [9.17, 15) is 0 Å². The molecule has 66 valence electrons. The van der Waals surface area contributed by atoms with Crippen LogP contribution in [0.4, 0.5) is 5.69 Å². The van der Waals surface area contributed by atoms with Crippen LogP contribution in [-0.2, 0) is 4.74 Å². The average Bonchev–Trinajstić information content (AvgIpc) is 2.06. The summed E-state index contributed by atoms with van der Waals surface area (Å²) in [7, 11) is 1.64. The third kappa shape index (κ3) is 2.22. The SMILES string of the molecule is COC[C@H](N)c1ccc(N)cc1. The summed E-state index contributed by atoms with van der Waals surface area (Å²) in [4.78, 5) is 0. The normalized spacial score (nSPS) is 12.8. The number of rotatable bonds is 3. The summed E-state index contributed by atoms with van der Waals surface area (Å²) >= 11 is 0. The Morgan fingerprint density at radius 1 is 1.33 bits per heavy atom. The van der Waals surface area contributed by atoms with Gasteiger partial charge in [0.05, 0.1) is 12.6 Å². The Morgan fingerprint density at radius 2 is 1.92 bits per heavy atom. The molecule has 0 bridgehead atoms. The number of methoxy groups -OCH3 is 1. The predicted octanol–water partition coefficient (Wildman–Crippen LogP) is 0.915. The van der Waals surface area contributed by atoms with Gasteiger partial charge in [-0.25, -0.2) is 0 Å². The molecule has 1 atom stereocenters. The Balaban J connectivity index is 2.68. The highest BCUT2D eigenvalue weighted by molar-refractivity contribution is 5.40. The molecule has 0 spiro atoms. The smallest absolute Gasteiger partial charge is 0.0655 e. The van der Waals surface area contributed by atoms with E-state index in [-0.39, 0.29) is 6.04 Å². The zero-order chi connectivity index (χ0) is 8.97. The van der Waals surface area contributed by atoms with E-state index >= 15 is 0 Å². The van der Waals surface area contributed by atoms with Gasteiger partial charge >= 0.3 is 0 Å². The molecule has 0 amide bonds. The Labute approximate surface area is 72.3 Å². The Morgan fingerprint density at radius 3 is 2.42 bits per heavy atom. The van der Waals surface area contributed by atoms with E-state index in [2.05, 4.69) is 0 Å². The molecule has 12 heavy (non-hydrogen) atoms. The van der Waals surface area contributed by atoms with Crippen LogP contribution in [0, 0.1) is 0 Å². The molecule has 0 heterocycles. The summed E-state index contributed by atoms with van der Waals surface area (Å²) in [6.07, 6.45) is 0. The van der Waals surface area contributed by atoms with Crippen LogP contribution in [0.5, 0.6) is 0 Å². The summed E-state index contributed by atoms with van der Waals surface area (Å²) in [5.41, 5.74) is 13.1. The van der Waals surface area contributed by atoms with E-state index in [0.29, 0.717) is 6.61 Å². The fourth-order valence-corrected chi connectivity index (χ4v) is 1.02. The largest absolute Gasteiger partial charge is 0.399 e. The maximum Gasteiger partial charge on any atom is 0.0655 e. The average molecular weight is 166 g/mol. The Hall–Kier alpha value is -1.06. The van der Waals surface area contributed by atoms with E-state index in [4.69, 9.17) is 16.2 Å². The molecule has 0 unspecified atom stereocenters. The van der Waals surface area contributed by atoms with Gasteiger partial charge in [0.25, 0.3) is 0 Å². The minimum absolute atomic E-state index is 0.0596. The minimum atomic E-state index is -0.0596. The van der Waals surface area contributed by atoms with Crippen LogP contribution in [0.15, 0.2) is 24.3 Å². The molecule has 1 rings (SSSR count). The predicted molar refractivity (Wildman–Crippen MR) is 49.7 cm³/mol. The van der Waals surface area contributed by atoms with E-state index in [1.807, 2.05) is 24.3 Å². The molecule has 3 nitrogen and oxygen atoms in total. The molecule has 0 aromatic heterocycles. The van der Waals surface area contributed by atoms with Crippen molar-refractivity contribution in [3.05, 3.63) is 29.8 Å². The van der Waals surface area contributed by atoms with Crippen molar-refractivity contribution in [2.75, 3.05) is 19.5 Å². The lowest BCUT2D eigenvalue weighted by Gasteiger charge is -2.10. The number of nitrogen functional groups attached to an aromatic ring is 1.